The highest BCUT2D eigenvalue weighted by molar-refractivity contribution is 14.1. The molecule has 0 unspecified atom stereocenters. The third-order valence-corrected chi connectivity index (χ3v) is 4.25. The average Bonchev–Trinajstić information content (AvgIpc) is 2.49. The van der Waals surface area contributed by atoms with Gasteiger partial charge in [0.2, 0.25) is 0 Å². The Labute approximate surface area is 141 Å². The molecule has 110 valence electrons. The van der Waals surface area contributed by atoms with Crippen molar-refractivity contribution in [2.24, 2.45) is 5.73 Å². The zero-order chi connectivity index (χ0) is 15.2. The molecule has 0 aromatic heterocycles. The quantitative estimate of drug-likeness (QED) is 0.733. The van der Waals surface area contributed by atoms with Gasteiger partial charge in [0.1, 0.15) is 12.4 Å². The van der Waals surface area contributed by atoms with E-state index < -0.39 is 0 Å². The van der Waals surface area contributed by atoms with Crippen LogP contribution in [0.3, 0.4) is 0 Å². The molecular formula is C15H14ClIN2O2. The van der Waals surface area contributed by atoms with Gasteiger partial charge in [-0.1, -0.05) is 11.6 Å². The van der Waals surface area contributed by atoms with E-state index in [1.807, 2.05) is 6.07 Å². The first-order chi connectivity index (χ1) is 10.1. The van der Waals surface area contributed by atoms with Crippen molar-refractivity contribution < 1.29 is 9.53 Å². The predicted octanol–water partition coefficient (Wildman–Crippen LogP) is 3.53. The van der Waals surface area contributed by atoms with Gasteiger partial charge in [0.25, 0.3) is 5.91 Å². The van der Waals surface area contributed by atoms with E-state index in [1.54, 1.807) is 36.4 Å². The molecule has 2 rings (SSSR count). The zero-order valence-corrected chi connectivity index (χ0v) is 14.0. The largest absolute Gasteiger partial charge is 0.492 e. The fourth-order valence-electron chi connectivity index (χ4n) is 1.65. The van der Waals surface area contributed by atoms with Crippen LogP contribution in [-0.2, 0) is 0 Å². The first-order valence-electron chi connectivity index (χ1n) is 6.29. The second-order valence-corrected chi connectivity index (χ2v) is 5.81. The van der Waals surface area contributed by atoms with Crippen molar-refractivity contribution >= 4 is 45.8 Å². The maximum atomic E-state index is 12.1. The van der Waals surface area contributed by atoms with Gasteiger partial charge in [0.05, 0.1) is 5.02 Å². The van der Waals surface area contributed by atoms with Crippen LogP contribution < -0.4 is 15.8 Å². The molecular weight excluding hydrogens is 403 g/mol. The number of nitrogens with two attached hydrogens (primary N) is 1. The van der Waals surface area contributed by atoms with E-state index in [-0.39, 0.29) is 5.91 Å². The molecule has 0 radical (unpaired) electrons. The number of ether oxygens (including phenoxy) is 1. The molecule has 0 saturated carbocycles. The Morgan fingerprint density at radius 2 is 1.95 bits per heavy atom. The molecule has 0 bridgehead atoms. The van der Waals surface area contributed by atoms with Crippen LogP contribution in [0.25, 0.3) is 0 Å². The minimum atomic E-state index is -0.205. The molecule has 1 amide bonds. The number of amides is 1. The highest BCUT2D eigenvalue weighted by Crippen LogP contribution is 2.21. The smallest absolute Gasteiger partial charge is 0.255 e. The van der Waals surface area contributed by atoms with Crippen molar-refractivity contribution in [2.75, 3.05) is 18.5 Å². The van der Waals surface area contributed by atoms with Crippen LogP contribution in [0.5, 0.6) is 5.75 Å². The Kier molecular flexibility index (Phi) is 5.84. The van der Waals surface area contributed by atoms with E-state index in [2.05, 4.69) is 27.9 Å². The first kappa shape index (κ1) is 16.1. The van der Waals surface area contributed by atoms with E-state index in [9.17, 15) is 4.79 Å². The highest BCUT2D eigenvalue weighted by atomic mass is 127. The number of halogens is 2. The molecule has 0 aliphatic heterocycles. The molecule has 21 heavy (non-hydrogen) atoms. The van der Waals surface area contributed by atoms with Gasteiger partial charge in [0, 0.05) is 21.4 Å². The summed E-state index contributed by atoms with van der Waals surface area (Å²) in [4.78, 5) is 12.1. The molecule has 6 heteroatoms. The summed E-state index contributed by atoms with van der Waals surface area (Å²) in [5.41, 5.74) is 6.57. The topological polar surface area (TPSA) is 64.3 Å². The summed E-state index contributed by atoms with van der Waals surface area (Å²) in [6.07, 6.45) is 0. The molecule has 0 aliphatic rings. The van der Waals surface area contributed by atoms with E-state index in [4.69, 9.17) is 22.1 Å². The lowest BCUT2D eigenvalue weighted by Gasteiger charge is -2.08. The molecule has 4 nitrogen and oxygen atoms in total. The third-order valence-electron chi connectivity index (χ3n) is 2.68. The van der Waals surface area contributed by atoms with E-state index in [1.165, 1.54) is 0 Å². The van der Waals surface area contributed by atoms with Gasteiger partial charge in [0.15, 0.2) is 0 Å². The summed E-state index contributed by atoms with van der Waals surface area (Å²) in [6.45, 7) is 0.929. The van der Waals surface area contributed by atoms with Gasteiger partial charge in [-0.05, 0) is 65.1 Å². The van der Waals surface area contributed by atoms with Crippen molar-refractivity contribution in [2.45, 2.75) is 0 Å². The van der Waals surface area contributed by atoms with Gasteiger partial charge in [-0.2, -0.15) is 0 Å². The SMILES string of the molecule is NCCOc1ccc(NC(=O)c2ccc(I)c(Cl)c2)cc1. The van der Waals surface area contributed by atoms with Crippen LogP contribution >= 0.6 is 34.2 Å². The Hall–Kier alpha value is -1.31. The Morgan fingerprint density at radius 1 is 1.24 bits per heavy atom. The van der Waals surface area contributed by atoms with Crippen LogP contribution in [0.1, 0.15) is 10.4 Å². The van der Waals surface area contributed by atoms with Gasteiger partial charge in [-0.3, -0.25) is 4.79 Å². The monoisotopic (exact) mass is 416 g/mol. The average molecular weight is 417 g/mol. The lowest BCUT2D eigenvalue weighted by molar-refractivity contribution is 0.102. The Balaban J connectivity index is 2.03. The number of hydrogen-bond acceptors (Lipinski definition) is 3. The van der Waals surface area contributed by atoms with Crippen molar-refractivity contribution in [1.82, 2.24) is 0 Å². The molecule has 3 N–H and O–H groups in total. The molecule has 0 aliphatic carbocycles. The first-order valence-corrected chi connectivity index (χ1v) is 7.75. The lowest BCUT2D eigenvalue weighted by atomic mass is 10.2. The summed E-state index contributed by atoms with van der Waals surface area (Å²) in [6, 6.07) is 12.3. The molecule has 0 atom stereocenters. The maximum Gasteiger partial charge on any atom is 0.255 e. The standard InChI is InChI=1S/C15H14ClIN2O2/c16-13-9-10(1-6-14(13)17)15(20)19-11-2-4-12(5-3-11)21-8-7-18/h1-6,9H,7-8,18H2,(H,19,20). The number of nitrogens with one attached hydrogen (secondary N) is 1. The summed E-state index contributed by atoms with van der Waals surface area (Å²) in [7, 11) is 0. The van der Waals surface area contributed by atoms with Crippen molar-refractivity contribution in [3.05, 3.63) is 56.6 Å². The summed E-state index contributed by atoms with van der Waals surface area (Å²) < 4.78 is 6.28. The Bertz CT molecular complexity index is 632. The Morgan fingerprint density at radius 3 is 2.57 bits per heavy atom. The van der Waals surface area contributed by atoms with Gasteiger partial charge in [-0.25, -0.2) is 0 Å². The fraction of sp³-hybridized carbons (Fsp3) is 0.133. The zero-order valence-electron chi connectivity index (χ0n) is 11.1. The van der Waals surface area contributed by atoms with Crippen LogP contribution in [0.15, 0.2) is 42.5 Å². The highest BCUT2D eigenvalue weighted by Gasteiger charge is 2.08. The second-order valence-electron chi connectivity index (χ2n) is 4.24. The normalized spacial score (nSPS) is 10.2. The molecule has 2 aromatic rings. The van der Waals surface area contributed by atoms with Crippen LogP contribution in [0, 0.1) is 3.57 Å². The second kappa shape index (κ2) is 7.63. The molecule has 0 heterocycles. The predicted molar refractivity (Wildman–Crippen MR) is 93.1 cm³/mol. The minimum Gasteiger partial charge on any atom is -0.492 e. The van der Waals surface area contributed by atoms with Gasteiger partial charge < -0.3 is 15.8 Å². The summed E-state index contributed by atoms with van der Waals surface area (Å²) in [5.74, 6) is 0.514. The van der Waals surface area contributed by atoms with E-state index >= 15 is 0 Å². The van der Waals surface area contributed by atoms with Crippen molar-refractivity contribution in [3.63, 3.8) is 0 Å². The third kappa shape index (κ3) is 4.59. The number of carbonyl (C=O) groups is 1. The van der Waals surface area contributed by atoms with E-state index in [0.717, 1.165) is 9.32 Å². The number of anilines is 1. The fourth-order valence-corrected chi connectivity index (χ4v) is 2.17. The lowest BCUT2D eigenvalue weighted by Crippen LogP contribution is -2.12. The van der Waals surface area contributed by atoms with Crippen LogP contribution in [0.2, 0.25) is 5.02 Å². The van der Waals surface area contributed by atoms with Crippen LogP contribution in [0.4, 0.5) is 5.69 Å². The summed E-state index contributed by atoms with van der Waals surface area (Å²) >= 11 is 8.13. The van der Waals surface area contributed by atoms with Gasteiger partial charge in [-0.15, -0.1) is 0 Å². The number of carbonyl (C=O) groups excluding carboxylic acids is 1. The molecule has 0 spiro atoms. The van der Waals surface area contributed by atoms with Crippen molar-refractivity contribution in [1.29, 1.82) is 0 Å². The van der Waals surface area contributed by atoms with E-state index in [0.29, 0.717) is 29.4 Å². The molecule has 2 aromatic carbocycles. The summed E-state index contributed by atoms with van der Waals surface area (Å²) in [5, 5.41) is 3.37. The van der Waals surface area contributed by atoms with Crippen LogP contribution in [-0.4, -0.2) is 19.1 Å². The number of hydrogen-bond donors (Lipinski definition) is 2. The van der Waals surface area contributed by atoms with Crippen molar-refractivity contribution in [3.8, 4) is 5.75 Å². The molecule has 0 saturated heterocycles. The maximum absolute atomic E-state index is 12.1. The number of benzene rings is 2. The minimum absolute atomic E-state index is 0.205. The molecule has 0 fully saturated rings. The number of rotatable bonds is 5. The van der Waals surface area contributed by atoms with Gasteiger partial charge >= 0.3 is 0 Å².